The van der Waals surface area contributed by atoms with Crippen molar-refractivity contribution in [3.8, 4) is 0 Å². The Morgan fingerprint density at radius 2 is 1.92 bits per heavy atom. The van der Waals surface area contributed by atoms with Crippen molar-refractivity contribution in [1.82, 2.24) is 5.32 Å². The minimum Gasteiger partial charge on any atom is -0.325 e. The van der Waals surface area contributed by atoms with Gasteiger partial charge in [-0.1, -0.05) is 41.0 Å². The van der Waals surface area contributed by atoms with Crippen LogP contribution in [-0.4, -0.2) is 22.2 Å². The lowest BCUT2D eigenvalue weighted by molar-refractivity contribution is -0.123. The zero-order chi connectivity index (χ0) is 17.8. The van der Waals surface area contributed by atoms with Gasteiger partial charge in [-0.3, -0.25) is 9.59 Å². The molecule has 1 aliphatic rings. The fraction of sp³-hybridized carbons (Fsp3) is 0.118. The van der Waals surface area contributed by atoms with Gasteiger partial charge in [-0.05, 0) is 42.5 Å². The van der Waals surface area contributed by atoms with E-state index in [1.54, 1.807) is 48.5 Å². The van der Waals surface area contributed by atoms with Crippen LogP contribution in [0.5, 0.6) is 0 Å². The van der Waals surface area contributed by atoms with E-state index in [1.807, 2.05) is 0 Å². The summed E-state index contributed by atoms with van der Waals surface area (Å²) in [6.45, 7) is 0. The highest BCUT2D eigenvalue weighted by Crippen LogP contribution is 2.26. The van der Waals surface area contributed by atoms with E-state index in [4.69, 9.17) is 23.2 Å². The van der Waals surface area contributed by atoms with Crippen LogP contribution in [0.3, 0.4) is 0 Å². The normalized spacial score (nSPS) is 18.7. The first-order chi connectivity index (χ1) is 12.0. The number of carbonyl (C=O) groups is 2. The maximum atomic E-state index is 12.4. The predicted octanol–water partition coefficient (Wildman–Crippen LogP) is 4.24. The second-order valence-corrected chi connectivity index (χ2v) is 7.32. The van der Waals surface area contributed by atoms with E-state index in [1.165, 1.54) is 11.8 Å². The molecule has 0 saturated carbocycles. The van der Waals surface area contributed by atoms with Crippen LogP contribution < -0.4 is 10.6 Å². The smallest absolute Gasteiger partial charge is 0.238 e. The molecular formula is C17H13Cl2N3O2S. The molecule has 0 bridgehead atoms. The molecule has 0 aromatic heterocycles. The highest BCUT2D eigenvalue weighted by Gasteiger charge is 2.30. The number of hydrogen-bond donors (Lipinski definition) is 2. The number of hydrogen-bond acceptors (Lipinski definition) is 4. The summed E-state index contributed by atoms with van der Waals surface area (Å²) in [4.78, 5) is 28.7. The average Bonchev–Trinajstić information content (AvgIpc) is 2.56. The molecule has 25 heavy (non-hydrogen) atoms. The first-order valence-corrected chi connectivity index (χ1v) is 9.00. The van der Waals surface area contributed by atoms with Crippen molar-refractivity contribution in [2.45, 2.75) is 11.7 Å². The summed E-state index contributed by atoms with van der Waals surface area (Å²) in [5.74, 6) is -0.524. The quantitative estimate of drug-likeness (QED) is 0.818. The van der Waals surface area contributed by atoms with Crippen LogP contribution in [-0.2, 0) is 9.59 Å². The summed E-state index contributed by atoms with van der Waals surface area (Å²) in [6, 6.07) is 13.7. The lowest BCUT2D eigenvalue weighted by Gasteiger charge is -2.22. The topological polar surface area (TPSA) is 70.6 Å². The first-order valence-electron chi connectivity index (χ1n) is 7.37. The number of benzene rings is 2. The van der Waals surface area contributed by atoms with Gasteiger partial charge in [-0.2, -0.15) is 0 Å². The molecule has 2 N–H and O–H groups in total. The second kappa shape index (κ2) is 7.91. The van der Waals surface area contributed by atoms with Gasteiger partial charge in [-0.15, -0.1) is 0 Å². The Labute approximate surface area is 158 Å². The molecule has 1 unspecified atom stereocenters. The lowest BCUT2D eigenvalue weighted by Crippen LogP contribution is -2.41. The van der Waals surface area contributed by atoms with Crippen molar-refractivity contribution in [3.05, 3.63) is 58.6 Å². The standard InChI is InChI=1S/C17H13Cl2N3O2S/c18-10-4-6-12(7-5-10)21-17-22-15(23)9-14(25-17)16(24)20-13-3-1-2-11(19)8-13/h1-8,14H,9H2,(H,20,24)(H,21,22,23). The molecule has 3 rings (SSSR count). The number of amidine groups is 1. The number of carbonyl (C=O) groups excluding carboxylic acids is 2. The number of nitrogens with zero attached hydrogens (tertiary/aromatic N) is 1. The number of aliphatic imine (C=N–C) groups is 1. The van der Waals surface area contributed by atoms with Gasteiger partial charge in [0.2, 0.25) is 11.8 Å². The van der Waals surface area contributed by atoms with Crippen LogP contribution in [0.25, 0.3) is 0 Å². The van der Waals surface area contributed by atoms with E-state index in [9.17, 15) is 9.59 Å². The molecule has 0 radical (unpaired) electrons. The largest absolute Gasteiger partial charge is 0.325 e. The van der Waals surface area contributed by atoms with Gasteiger partial charge in [0.1, 0.15) is 5.25 Å². The third-order valence-electron chi connectivity index (χ3n) is 3.31. The predicted molar refractivity (Wildman–Crippen MR) is 103 cm³/mol. The fourth-order valence-electron chi connectivity index (χ4n) is 2.17. The van der Waals surface area contributed by atoms with E-state index in [0.717, 1.165) is 0 Å². The Hall–Kier alpha value is -2.02. The highest BCUT2D eigenvalue weighted by atomic mass is 35.5. The number of amides is 2. The second-order valence-electron chi connectivity index (χ2n) is 5.25. The van der Waals surface area contributed by atoms with Crippen LogP contribution in [0.4, 0.5) is 11.4 Å². The van der Waals surface area contributed by atoms with Gasteiger partial charge in [0.05, 0.1) is 5.69 Å². The number of halogens is 2. The van der Waals surface area contributed by atoms with Crippen molar-refractivity contribution >= 4 is 63.3 Å². The molecule has 2 aromatic carbocycles. The van der Waals surface area contributed by atoms with Crippen LogP contribution in [0.2, 0.25) is 10.0 Å². The van der Waals surface area contributed by atoms with Crippen molar-refractivity contribution in [2.75, 3.05) is 5.32 Å². The van der Waals surface area contributed by atoms with Gasteiger partial charge < -0.3 is 10.6 Å². The number of rotatable bonds is 3. The molecule has 1 atom stereocenters. The molecule has 0 aliphatic carbocycles. The highest BCUT2D eigenvalue weighted by molar-refractivity contribution is 8.15. The van der Waals surface area contributed by atoms with Gasteiger partial charge in [0.25, 0.3) is 0 Å². The molecule has 2 amide bonds. The van der Waals surface area contributed by atoms with E-state index < -0.39 is 5.25 Å². The zero-order valence-electron chi connectivity index (χ0n) is 12.8. The summed E-state index contributed by atoms with van der Waals surface area (Å²) in [6.07, 6.45) is 0.0801. The molecule has 128 valence electrons. The van der Waals surface area contributed by atoms with Crippen molar-refractivity contribution < 1.29 is 9.59 Å². The fourth-order valence-corrected chi connectivity index (χ4v) is 3.48. The van der Waals surface area contributed by atoms with Crippen molar-refractivity contribution in [1.29, 1.82) is 0 Å². The van der Waals surface area contributed by atoms with Crippen LogP contribution in [0.1, 0.15) is 6.42 Å². The molecule has 1 fully saturated rings. The van der Waals surface area contributed by atoms with E-state index in [2.05, 4.69) is 15.6 Å². The minimum absolute atomic E-state index is 0.0801. The molecule has 2 aromatic rings. The maximum Gasteiger partial charge on any atom is 0.238 e. The molecular weight excluding hydrogens is 381 g/mol. The van der Waals surface area contributed by atoms with Crippen LogP contribution in [0.15, 0.2) is 53.5 Å². The zero-order valence-corrected chi connectivity index (χ0v) is 15.2. The van der Waals surface area contributed by atoms with Crippen molar-refractivity contribution in [2.24, 2.45) is 4.99 Å². The Morgan fingerprint density at radius 3 is 2.64 bits per heavy atom. The molecule has 1 aliphatic heterocycles. The summed E-state index contributed by atoms with van der Waals surface area (Å²) in [5, 5.41) is 6.38. The molecule has 0 spiro atoms. The minimum atomic E-state index is -0.571. The Bertz CT molecular complexity index is 840. The van der Waals surface area contributed by atoms with Gasteiger partial charge >= 0.3 is 0 Å². The first kappa shape index (κ1) is 17.8. The summed E-state index contributed by atoms with van der Waals surface area (Å²) in [7, 11) is 0. The Kier molecular flexibility index (Phi) is 5.63. The van der Waals surface area contributed by atoms with Gasteiger partial charge in [0, 0.05) is 22.2 Å². The molecule has 5 nitrogen and oxygen atoms in total. The van der Waals surface area contributed by atoms with Crippen molar-refractivity contribution in [3.63, 3.8) is 0 Å². The monoisotopic (exact) mass is 393 g/mol. The number of thioether (sulfide) groups is 1. The average molecular weight is 394 g/mol. The van der Waals surface area contributed by atoms with Gasteiger partial charge in [0.15, 0.2) is 5.17 Å². The maximum absolute atomic E-state index is 12.4. The molecule has 8 heteroatoms. The van der Waals surface area contributed by atoms with E-state index in [0.29, 0.717) is 26.6 Å². The van der Waals surface area contributed by atoms with Gasteiger partial charge in [-0.25, -0.2) is 4.99 Å². The Morgan fingerprint density at radius 1 is 1.16 bits per heavy atom. The Balaban J connectivity index is 1.72. The summed E-state index contributed by atoms with van der Waals surface area (Å²) in [5.41, 5.74) is 1.23. The number of nitrogens with one attached hydrogen (secondary N) is 2. The molecule has 1 heterocycles. The summed E-state index contributed by atoms with van der Waals surface area (Å²) >= 11 is 13.0. The molecule has 1 saturated heterocycles. The summed E-state index contributed by atoms with van der Waals surface area (Å²) < 4.78 is 0. The number of anilines is 1. The van der Waals surface area contributed by atoms with Crippen LogP contribution in [0, 0.1) is 0 Å². The van der Waals surface area contributed by atoms with E-state index in [-0.39, 0.29) is 18.2 Å². The lowest BCUT2D eigenvalue weighted by atomic mass is 10.2. The SMILES string of the molecule is O=C1CC(C(=O)Nc2cccc(Cl)c2)SC(=Nc2ccc(Cl)cc2)N1. The third kappa shape index (κ3) is 4.98. The van der Waals surface area contributed by atoms with E-state index >= 15 is 0 Å². The van der Waals surface area contributed by atoms with Crippen LogP contribution >= 0.6 is 35.0 Å². The third-order valence-corrected chi connectivity index (χ3v) is 4.88.